The molecular formula is C10H11N3O2. The van der Waals surface area contributed by atoms with E-state index >= 15 is 0 Å². The molecule has 0 unspecified atom stereocenters. The van der Waals surface area contributed by atoms with Crippen LogP contribution in [-0.2, 0) is 9.68 Å². The lowest BCUT2D eigenvalue weighted by Gasteiger charge is -2.16. The Kier molecular flexibility index (Phi) is 2.75. The fourth-order valence-electron chi connectivity index (χ4n) is 1.30. The predicted octanol–water partition coefficient (Wildman–Crippen LogP) is 1.56. The first-order chi connectivity index (χ1) is 7.35. The van der Waals surface area contributed by atoms with Crippen molar-refractivity contribution < 1.29 is 9.68 Å². The molecule has 0 atom stereocenters. The predicted molar refractivity (Wildman–Crippen MR) is 56.0 cm³/mol. The van der Waals surface area contributed by atoms with Crippen LogP contribution in [0.1, 0.15) is 0 Å². The third-order valence-electron chi connectivity index (χ3n) is 1.95. The monoisotopic (exact) mass is 205 g/mol. The third kappa shape index (κ3) is 1.88. The maximum absolute atomic E-state index is 4.94. The summed E-state index contributed by atoms with van der Waals surface area (Å²) in [5.41, 5.74) is 1.64. The number of nitrogens with zero attached hydrogens (tertiary/aromatic N) is 3. The van der Waals surface area contributed by atoms with Crippen LogP contribution in [0.25, 0.3) is 11.0 Å². The van der Waals surface area contributed by atoms with Gasteiger partial charge in [0, 0.05) is 0 Å². The summed E-state index contributed by atoms with van der Waals surface area (Å²) in [6, 6.07) is 7.61. The van der Waals surface area contributed by atoms with Gasteiger partial charge in [-0.25, -0.2) is 4.98 Å². The van der Waals surface area contributed by atoms with E-state index in [1.54, 1.807) is 6.20 Å². The molecule has 2 aromatic rings. The van der Waals surface area contributed by atoms with Crippen LogP contribution in [0.2, 0.25) is 0 Å². The normalized spacial score (nSPS) is 10.5. The smallest absolute Gasteiger partial charge is 0.202 e. The second-order valence-electron chi connectivity index (χ2n) is 2.84. The lowest BCUT2D eigenvalue weighted by Crippen LogP contribution is -2.21. The minimum absolute atomic E-state index is 0.513. The minimum Gasteiger partial charge on any atom is -0.251 e. The molecule has 0 saturated heterocycles. The fourth-order valence-corrected chi connectivity index (χ4v) is 1.30. The Hall–Kier alpha value is -1.72. The number of para-hydroxylation sites is 2. The summed E-state index contributed by atoms with van der Waals surface area (Å²) in [6.45, 7) is 0. The molecule has 5 nitrogen and oxygen atoms in total. The number of anilines is 1. The summed E-state index contributed by atoms with van der Waals surface area (Å²) >= 11 is 0. The van der Waals surface area contributed by atoms with Crippen molar-refractivity contribution in [2.24, 2.45) is 0 Å². The van der Waals surface area contributed by atoms with Gasteiger partial charge in [0.25, 0.3) is 0 Å². The molecule has 78 valence electrons. The number of rotatable bonds is 3. The van der Waals surface area contributed by atoms with Crippen LogP contribution < -0.4 is 5.23 Å². The molecule has 1 heterocycles. The molecule has 0 radical (unpaired) electrons. The van der Waals surface area contributed by atoms with Gasteiger partial charge in [-0.05, 0) is 12.1 Å². The summed E-state index contributed by atoms with van der Waals surface area (Å²) in [6.07, 6.45) is 1.59. The molecule has 0 spiro atoms. The number of aromatic nitrogens is 2. The van der Waals surface area contributed by atoms with E-state index in [4.69, 9.17) is 9.68 Å². The largest absolute Gasteiger partial charge is 0.251 e. The van der Waals surface area contributed by atoms with E-state index in [1.807, 2.05) is 24.3 Å². The van der Waals surface area contributed by atoms with Crippen LogP contribution in [0.4, 0.5) is 5.82 Å². The number of hydrogen-bond acceptors (Lipinski definition) is 5. The second kappa shape index (κ2) is 4.20. The van der Waals surface area contributed by atoms with Gasteiger partial charge in [0.05, 0.1) is 31.4 Å². The van der Waals surface area contributed by atoms with Crippen molar-refractivity contribution in [3.8, 4) is 0 Å². The molecular weight excluding hydrogens is 194 g/mol. The van der Waals surface area contributed by atoms with Crippen LogP contribution in [0.15, 0.2) is 30.5 Å². The molecule has 0 bridgehead atoms. The fraction of sp³-hybridized carbons (Fsp3) is 0.200. The Bertz CT molecular complexity index is 457. The van der Waals surface area contributed by atoms with E-state index in [-0.39, 0.29) is 0 Å². The lowest BCUT2D eigenvalue weighted by atomic mass is 10.3. The van der Waals surface area contributed by atoms with Crippen LogP contribution >= 0.6 is 0 Å². The van der Waals surface area contributed by atoms with Gasteiger partial charge in [-0.2, -0.15) is 0 Å². The van der Waals surface area contributed by atoms with Gasteiger partial charge in [-0.1, -0.05) is 12.1 Å². The Morgan fingerprint density at radius 3 is 2.40 bits per heavy atom. The zero-order chi connectivity index (χ0) is 10.7. The average molecular weight is 205 g/mol. The summed E-state index contributed by atoms with van der Waals surface area (Å²) in [4.78, 5) is 18.5. The van der Waals surface area contributed by atoms with Crippen molar-refractivity contribution in [2.75, 3.05) is 19.4 Å². The highest BCUT2D eigenvalue weighted by molar-refractivity contribution is 5.75. The van der Waals surface area contributed by atoms with Crippen LogP contribution in [-0.4, -0.2) is 24.2 Å². The summed E-state index contributed by atoms with van der Waals surface area (Å²) in [7, 11) is 3.00. The zero-order valence-corrected chi connectivity index (χ0v) is 8.54. The van der Waals surface area contributed by atoms with Gasteiger partial charge in [-0.3, -0.25) is 14.7 Å². The van der Waals surface area contributed by atoms with E-state index in [2.05, 4.69) is 9.97 Å². The van der Waals surface area contributed by atoms with Gasteiger partial charge in [-0.15, -0.1) is 5.23 Å². The summed E-state index contributed by atoms with van der Waals surface area (Å²) in [5, 5.41) is 1.19. The van der Waals surface area contributed by atoms with Crippen molar-refractivity contribution in [1.29, 1.82) is 0 Å². The van der Waals surface area contributed by atoms with Gasteiger partial charge >= 0.3 is 0 Å². The molecule has 15 heavy (non-hydrogen) atoms. The third-order valence-corrected chi connectivity index (χ3v) is 1.95. The maximum Gasteiger partial charge on any atom is 0.202 e. The summed E-state index contributed by atoms with van der Waals surface area (Å²) < 4.78 is 0. The molecule has 2 rings (SSSR count). The molecule has 0 aliphatic carbocycles. The lowest BCUT2D eigenvalue weighted by molar-refractivity contribution is -0.0451. The van der Waals surface area contributed by atoms with Gasteiger partial charge in [0.15, 0.2) is 0 Å². The molecule has 0 aliphatic heterocycles. The Morgan fingerprint density at radius 2 is 1.73 bits per heavy atom. The molecule has 1 aromatic carbocycles. The van der Waals surface area contributed by atoms with Crippen LogP contribution in [0, 0.1) is 0 Å². The Morgan fingerprint density at radius 1 is 1.07 bits per heavy atom. The number of benzene rings is 1. The van der Waals surface area contributed by atoms with Crippen LogP contribution in [0.3, 0.4) is 0 Å². The second-order valence-corrected chi connectivity index (χ2v) is 2.84. The molecule has 0 fully saturated rings. The van der Waals surface area contributed by atoms with E-state index < -0.39 is 0 Å². The molecule has 0 amide bonds. The van der Waals surface area contributed by atoms with Crippen molar-refractivity contribution in [2.45, 2.75) is 0 Å². The van der Waals surface area contributed by atoms with E-state index in [9.17, 15) is 0 Å². The number of hydrogen-bond donors (Lipinski definition) is 0. The van der Waals surface area contributed by atoms with Crippen molar-refractivity contribution in [3.05, 3.63) is 30.5 Å². The highest BCUT2D eigenvalue weighted by Crippen LogP contribution is 2.14. The molecule has 5 heteroatoms. The Labute approximate surface area is 87.2 Å². The number of fused-ring (bicyclic) bond motifs is 1. The summed E-state index contributed by atoms with van der Waals surface area (Å²) in [5.74, 6) is 0.513. The van der Waals surface area contributed by atoms with E-state index in [1.165, 1.54) is 19.4 Å². The van der Waals surface area contributed by atoms with Gasteiger partial charge < -0.3 is 0 Å². The quantitative estimate of drug-likeness (QED) is 0.711. The highest BCUT2D eigenvalue weighted by atomic mass is 16.9. The van der Waals surface area contributed by atoms with Crippen molar-refractivity contribution in [3.63, 3.8) is 0 Å². The first kappa shape index (κ1) is 9.82. The van der Waals surface area contributed by atoms with Gasteiger partial charge in [0.2, 0.25) is 5.82 Å². The first-order valence-electron chi connectivity index (χ1n) is 4.45. The van der Waals surface area contributed by atoms with Crippen molar-refractivity contribution >= 4 is 16.9 Å². The molecule has 0 aliphatic rings. The molecule has 0 saturated carbocycles. The molecule has 0 N–H and O–H groups in total. The first-order valence-corrected chi connectivity index (χ1v) is 4.45. The van der Waals surface area contributed by atoms with E-state index in [0.29, 0.717) is 5.82 Å². The van der Waals surface area contributed by atoms with Gasteiger partial charge in [0.1, 0.15) is 0 Å². The zero-order valence-electron chi connectivity index (χ0n) is 8.54. The van der Waals surface area contributed by atoms with Crippen molar-refractivity contribution in [1.82, 2.24) is 9.97 Å². The molecule has 1 aromatic heterocycles. The Balaban J connectivity index is 2.46. The minimum atomic E-state index is 0.513. The van der Waals surface area contributed by atoms with Crippen LogP contribution in [0.5, 0.6) is 0 Å². The highest BCUT2D eigenvalue weighted by Gasteiger charge is 2.07. The average Bonchev–Trinajstić information content (AvgIpc) is 2.30. The topological polar surface area (TPSA) is 47.5 Å². The standard InChI is InChI=1S/C10H11N3O2/c1-14-13(15-2)10-7-11-8-5-3-4-6-9(8)12-10/h3-7H,1-2H3. The SMILES string of the molecule is CON(OC)c1cnc2ccccc2n1. The maximum atomic E-state index is 4.94. The van der Waals surface area contributed by atoms with E-state index in [0.717, 1.165) is 11.0 Å².